The highest BCUT2D eigenvalue weighted by atomic mass is 32.2. The summed E-state index contributed by atoms with van der Waals surface area (Å²) < 4.78 is 0. The van der Waals surface area contributed by atoms with E-state index in [0.717, 1.165) is 11.8 Å². The van der Waals surface area contributed by atoms with Crippen LogP contribution in [0.3, 0.4) is 0 Å². The first kappa shape index (κ1) is 12.5. The molecule has 0 aliphatic carbocycles. The molecule has 1 aliphatic rings. The average molecular weight is 243 g/mol. The van der Waals surface area contributed by atoms with Crippen molar-refractivity contribution >= 4 is 34.7 Å². The molecule has 0 saturated heterocycles. The third-order valence-corrected chi connectivity index (χ3v) is 2.74. The number of amidine groups is 1. The quantitative estimate of drug-likeness (QED) is 0.423. The van der Waals surface area contributed by atoms with E-state index in [1.807, 2.05) is 6.92 Å². The van der Waals surface area contributed by atoms with Crippen LogP contribution in [0.1, 0.15) is 13.3 Å². The molecule has 0 aromatic rings. The van der Waals surface area contributed by atoms with Gasteiger partial charge in [0.05, 0.1) is 0 Å². The largest absolute Gasteiger partial charge is 0.370 e. The van der Waals surface area contributed by atoms with Crippen LogP contribution in [0.2, 0.25) is 0 Å². The molecule has 0 aromatic carbocycles. The van der Waals surface area contributed by atoms with Crippen LogP contribution in [-0.2, 0) is 9.59 Å². The number of hydrogen-bond donors (Lipinski definition) is 3. The van der Waals surface area contributed by atoms with Crippen molar-refractivity contribution in [2.75, 3.05) is 6.54 Å². The second kappa shape index (κ2) is 5.50. The topological polar surface area (TPSA) is 123 Å². The van der Waals surface area contributed by atoms with Crippen LogP contribution in [0.15, 0.2) is 9.98 Å². The van der Waals surface area contributed by atoms with Gasteiger partial charge < -0.3 is 16.8 Å². The lowest BCUT2D eigenvalue weighted by Gasteiger charge is -2.05. The maximum atomic E-state index is 11.4. The Morgan fingerprint density at radius 2 is 2.31 bits per heavy atom. The zero-order chi connectivity index (χ0) is 12.1. The number of guanidine groups is 1. The number of carbonyl (C=O) groups is 2. The van der Waals surface area contributed by atoms with Gasteiger partial charge in [0, 0.05) is 13.0 Å². The molecule has 1 heterocycles. The van der Waals surface area contributed by atoms with Gasteiger partial charge in [0.1, 0.15) is 5.25 Å². The van der Waals surface area contributed by atoms with Gasteiger partial charge in [-0.3, -0.25) is 9.59 Å². The molecule has 7 nitrogen and oxygen atoms in total. The number of nitrogens with zero attached hydrogens (tertiary/aromatic N) is 2. The fraction of sp³-hybridized carbons (Fsp3) is 0.500. The van der Waals surface area contributed by atoms with Gasteiger partial charge in [-0.25, -0.2) is 0 Å². The molecule has 0 saturated carbocycles. The summed E-state index contributed by atoms with van der Waals surface area (Å²) in [6, 6.07) is 0. The van der Waals surface area contributed by atoms with Crippen molar-refractivity contribution in [3.63, 3.8) is 0 Å². The van der Waals surface area contributed by atoms with Crippen molar-refractivity contribution in [3.8, 4) is 0 Å². The Labute approximate surface area is 96.8 Å². The lowest BCUT2D eigenvalue weighted by atomic mass is 10.3. The van der Waals surface area contributed by atoms with Crippen molar-refractivity contribution in [3.05, 3.63) is 0 Å². The van der Waals surface area contributed by atoms with Crippen LogP contribution in [0.25, 0.3) is 0 Å². The van der Waals surface area contributed by atoms with Crippen molar-refractivity contribution in [2.45, 2.75) is 18.6 Å². The Kier molecular flexibility index (Phi) is 4.29. The molecule has 88 valence electrons. The minimum Gasteiger partial charge on any atom is -0.370 e. The molecule has 0 unspecified atom stereocenters. The van der Waals surface area contributed by atoms with Crippen LogP contribution in [-0.4, -0.2) is 34.7 Å². The predicted octanol–water partition coefficient (Wildman–Crippen LogP) is -1.22. The van der Waals surface area contributed by atoms with Crippen LogP contribution in [0.4, 0.5) is 0 Å². The van der Waals surface area contributed by atoms with Gasteiger partial charge in [-0.2, -0.15) is 9.98 Å². The van der Waals surface area contributed by atoms with E-state index >= 15 is 0 Å². The summed E-state index contributed by atoms with van der Waals surface area (Å²) in [6.07, 6.45) is 0.0876. The van der Waals surface area contributed by atoms with Crippen LogP contribution in [0, 0.1) is 0 Å². The average Bonchev–Trinajstić information content (AvgIpc) is 2.45. The monoisotopic (exact) mass is 243 g/mol. The molecule has 0 radical (unpaired) electrons. The summed E-state index contributed by atoms with van der Waals surface area (Å²) in [5, 5.41) is 2.29. The van der Waals surface area contributed by atoms with Crippen LogP contribution >= 0.6 is 11.8 Å². The third kappa shape index (κ3) is 3.54. The van der Waals surface area contributed by atoms with Crippen molar-refractivity contribution < 1.29 is 9.59 Å². The van der Waals surface area contributed by atoms with E-state index in [1.165, 1.54) is 0 Å². The standard InChI is InChI=1S/C8H13N5O2S/c1-2-11-5(14)3-4-6(15)12-8(16-4)13-7(9)10/h4H,2-3H2,1H3,(H,11,14)(H4,9,10,12,13,15)/t4-/m0/s1. The van der Waals surface area contributed by atoms with Crippen molar-refractivity contribution in [2.24, 2.45) is 21.5 Å². The summed E-state index contributed by atoms with van der Waals surface area (Å²) in [6.45, 7) is 2.34. The Morgan fingerprint density at radius 1 is 1.62 bits per heavy atom. The highest BCUT2D eigenvalue weighted by Crippen LogP contribution is 2.25. The number of amides is 2. The number of carbonyl (C=O) groups excluding carboxylic acids is 2. The van der Waals surface area contributed by atoms with E-state index in [1.54, 1.807) is 0 Å². The van der Waals surface area contributed by atoms with Gasteiger partial charge in [0.15, 0.2) is 11.1 Å². The molecule has 5 N–H and O–H groups in total. The number of nitrogens with one attached hydrogen (secondary N) is 1. The SMILES string of the molecule is CCNC(=O)C[C@@H]1SC(N=C(N)N)=NC1=O. The van der Waals surface area contributed by atoms with Gasteiger partial charge in [0.25, 0.3) is 5.91 Å². The van der Waals surface area contributed by atoms with E-state index in [0.29, 0.717) is 6.54 Å². The molecule has 0 spiro atoms. The molecule has 0 bridgehead atoms. The number of rotatable bonds is 3. The molecular formula is C8H13N5O2S. The zero-order valence-corrected chi connectivity index (χ0v) is 9.58. The summed E-state index contributed by atoms with van der Waals surface area (Å²) in [5.41, 5.74) is 10.3. The first-order valence-corrected chi connectivity index (χ1v) is 5.56. The number of hydrogen-bond acceptors (Lipinski definition) is 4. The van der Waals surface area contributed by atoms with E-state index in [2.05, 4.69) is 15.3 Å². The Hall–Kier alpha value is -1.57. The van der Waals surface area contributed by atoms with E-state index in [-0.39, 0.29) is 29.4 Å². The molecule has 0 aromatic heterocycles. The summed E-state index contributed by atoms with van der Waals surface area (Å²) >= 11 is 1.09. The van der Waals surface area contributed by atoms with Crippen molar-refractivity contribution in [1.82, 2.24) is 5.32 Å². The highest BCUT2D eigenvalue weighted by Gasteiger charge is 2.30. The Balaban J connectivity index is 2.54. The molecular weight excluding hydrogens is 230 g/mol. The first-order valence-electron chi connectivity index (χ1n) is 4.68. The van der Waals surface area contributed by atoms with Gasteiger partial charge in [-0.05, 0) is 6.92 Å². The van der Waals surface area contributed by atoms with Crippen LogP contribution in [0.5, 0.6) is 0 Å². The zero-order valence-electron chi connectivity index (χ0n) is 8.77. The van der Waals surface area contributed by atoms with Gasteiger partial charge in [-0.15, -0.1) is 0 Å². The first-order chi connectivity index (χ1) is 7.52. The number of thioether (sulfide) groups is 1. The molecule has 8 heteroatoms. The summed E-state index contributed by atoms with van der Waals surface area (Å²) in [5.74, 6) is -0.719. The lowest BCUT2D eigenvalue weighted by Crippen LogP contribution is -2.27. The molecule has 1 atom stereocenters. The Morgan fingerprint density at radius 3 is 2.88 bits per heavy atom. The maximum absolute atomic E-state index is 11.4. The second-order valence-electron chi connectivity index (χ2n) is 3.03. The molecule has 1 rings (SSSR count). The minimum atomic E-state index is -0.523. The predicted molar refractivity (Wildman–Crippen MR) is 62.9 cm³/mol. The van der Waals surface area contributed by atoms with Crippen molar-refractivity contribution in [1.29, 1.82) is 0 Å². The smallest absolute Gasteiger partial charge is 0.262 e. The fourth-order valence-electron chi connectivity index (χ4n) is 1.10. The number of nitrogens with two attached hydrogens (primary N) is 2. The lowest BCUT2D eigenvalue weighted by molar-refractivity contribution is -0.124. The maximum Gasteiger partial charge on any atom is 0.262 e. The minimum absolute atomic E-state index is 0.0876. The van der Waals surface area contributed by atoms with Gasteiger partial charge in [-0.1, -0.05) is 11.8 Å². The molecule has 2 amide bonds. The van der Waals surface area contributed by atoms with E-state index in [4.69, 9.17) is 11.5 Å². The molecule has 16 heavy (non-hydrogen) atoms. The third-order valence-electron chi connectivity index (χ3n) is 1.70. The Bertz CT molecular complexity index is 361. The highest BCUT2D eigenvalue weighted by molar-refractivity contribution is 8.15. The second-order valence-corrected chi connectivity index (χ2v) is 4.20. The van der Waals surface area contributed by atoms with E-state index < -0.39 is 5.25 Å². The number of aliphatic imine (C=N–C) groups is 2. The van der Waals surface area contributed by atoms with Gasteiger partial charge in [0.2, 0.25) is 5.91 Å². The molecule has 0 fully saturated rings. The van der Waals surface area contributed by atoms with Crippen LogP contribution < -0.4 is 16.8 Å². The molecule has 1 aliphatic heterocycles. The normalized spacial score (nSPS) is 19.2. The summed E-state index contributed by atoms with van der Waals surface area (Å²) in [7, 11) is 0. The van der Waals surface area contributed by atoms with Gasteiger partial charge >= 0.3 is 0 Å². The van der Waals surface area contributed by atoms with E-state index in [9.17, 15) is 9.59 Å². The summed E-state index contributed by atoms with van der Waals surface area (Å²) in [4.78, 5) is 29.9. The fourth-order valence-corrected chi connectivity index (χ4v) is 2.04.